The van der Waals surface area contributed by atoms with Crippen LogP contribution in [0.25, 0.3) is 0 Å². The number of nitrogens with two attached hydrogens (primary N) is 1. The van der Waals surface area contributed by atoms with Crippen molar-refractivity contribution in [3.8, 4) is 0 Å². The molecular formula is C14H26N2S. The van der Waals surface area contributed by atoms with Gasteiger partial charge >= 0.3 is 0 Å². The van der Waals surface area contributed by atoms with E-state index in [1.165, 1.54) is 23.3 Å². The third-order valence-electron chi connectivity index (χ3n) is 3.41. The molecule has 0 aromatic carbocycles. The van der Waals surface area contributed by atoms with Crippen LogP contribution in [0.5, 0.6) is 0 Å². The molecule has 0 amide bonds. The molecular weight excluding hydrogens is 228 g/mol. The van der Waals surface area contributed by atoms with E-state index in [0.717, 1.165) is 19.6 Å². The first kappa shape index (κ1) is 14.7. The lowest BCUT2D eigenvalue weighted by Crippen LogP contribution is -2.30. The lowest BCUT2D eigenvalue weighted by molar-refractivity contribution is 0.256. The molecule has 1 aromatic heterocycles. The number of hydrogen-bond acceptors (Lipinski definition) is 3. The standard InChI is InChI=1S/C14H26N2S/c1-12-6-10-17-13(12)5-8-16(4)9-7-14(2,3)11-15/h6,10H,5,7-9,11,15H2,1-4H3. The van der Waals surface area contributed by atoms with Gasteiger partial charge in [0, 0.05) is 11.4 Å². The molecule has 1 rings (SSSR count). The van der Waals surface area contributed by atoms with Gasteiger partial charge in [0.2, 0.25) is 0 Å². The summed E-state index contributed by atoms with van der Waals surface area (Å²) >= 11 is 1.87. The Morgan fingerprint density at radius 1 is 1.35 bits per heavy atom. The molecule has 17 heavy (non-hydrogen) atoms. The molecule has 0 aliphatic carbocycles. The summed E-state index contributed by atoms with van der Waals surface area (Å²) in [5.74, 6) is 0. The third kappa shape index (κ3) is 5.19. The number of likely N-dealkylation sites (N-methyl/N-ethyl adjacent to an activating group) is 1. The van der Waals surface area contributed by atoms with Crippen LogP contribution < -0.4 is 5.73 Å². The molecule has 0 unspecified atom stereocenters. The molecule has 0 saturated heterocycles. The van der Waals surface area contributed by atoms with E-state index in [1.54, 1.807) is 0 Å². The molecule has 0 radical (unpaired) electrons. The topological polar surface area (TPSA) is 29.3 Å². The van der Waals surface area contributed by atoms with Gasteiger partial charge in [0.1, 0.15) is 0 Å². The largest absolute Gasteiger partial charge is 0.330 e. The summed E-state index contributed by atoms with van der Waals surface area (Å²) in [6.07, 6.45) is 2.34. The SMILES string of the molecule is Cc1ccsc1CCN(C)CCC(C)(C)CN. The van der Waals surface area contributed by atoms with E-state index >= 15 is 0 Å². The smallest absolute Gasteiger partial charge is 0.00871 e. The maximum atomic E-state index is 5.75. The van der Waals surface area contributed by atoms with Gasteiger partial charge in [-0.1, -0.05) is 13.8 Å². The van der Waals surface area contributed by atoms with Crippen molar-refractivity contribution in [2.45, 2.75) is 33.6 Å². The maximum Gasteiger partial charge on any atom is 0.00871 e. The van der Waals surface area contributed by atoms with Crippen LogP contribution in [0.15, 0.2) is 11.4 Å². The minimum absolute atomic E-state index is 0.271. The lowest BCUT2D eigenvalue weighted by Gasteiger charge is -2.26. The number of aryl methyl sites for hydroxylation is 1. The summed E-state index contributed by atoms with van der Waals surface area (Å²) in [5.41, 5.74) is 7.45. The molecule has 98 valence electrons. The second-order valence-corrected chi connectivity index (χ2v) is 6.70. The van der Waals surface area contributed by atoms with Crippen molar-refractivity contribution in [2.75, 3.05) is 26.7 Å². The van der Waals surface area contributed by atoms with Gasteiger partial charge < -0.3 is 10.6 Å². The lowest BCUT2D eigenvalue weighted by atomic mass is 9.89. The molecule has 3 heteroatoms. The molecule has 0 bridgehead atoms. The number of nitrogens with zero attached hydrogens (tertiary/aromatic N) is 1. The predicted octanol–water partition coefficient (Wildman–Crippen LogP) is 2.91. The highest BCUT2D eigenvalue weighted by Gasteiger charge is 2.15. The Morgan fingerprint density at radius 3 is 2.59 bits per heavy atom. The molecule has 0 saturated carbocycles. The Hall–Kier alpha value is -0.380. The van der Waals surface area contributed by atoms with Crippen LogP contribution in [0, 0.1) is 12.3 Å². The van der Waals surface area contributed by atoms with Crippen LogP contribution in [0.3, 0.4) is 0 Å². The normalized spacial score (nSPS) is 12.4. The van der Waals surface area contributed by atoms with Gasteiger partial charge in [0.15, 0.2) is 0 Å². The van der Waals surface area contributed by atoms with Gasteiger partial charge in [0.25, 0.3) is 0 Å². The summed E-state index contributed by atoms with van der Waals surface area (Å²) in [7, 11) is 2.20. The van der Waals surface area contributed by atoms with E-state index in [4.69, 9.17) is 5.73 Å². The molecule has 0 aliphatic rings. The summed E-state index contributed by atoms with van der Waals surface area (Å²) in [6, 6.07) is 2.21. The minimum atomic E-state index is 0.271. The van der Waals surface area contributed by atoms with E-state index in [1.807, 2.05) is 11.3 Å². The van der Waals surface area contributed by atoms with Gasteiger partial charge in [0.05, 0.1) is 0 Å². The molecule has 2 nitrogen and oxygen atoms in total. The summed E-state index contributed by atoms with van der Waals surface area (Å²) in [4.78, 5) is 3.94. The van der Waals surface area contributed by atoms with Gasteiger partial charge in [-0.3, -0.25) is 0 Å². The third-order valence-corrected chi connectivity index (χ3v) is 4.49. The fourth-order valence-electron chi connectivity index (χ4n) is 1.66. The van der Waals surface area contributed by atoms with Gasteiger partial charge in [-0.2, -0.15) is 0 Å². The molecule has 1 heterocycles. The highest BCUT2D eigenvalue weighted by Crippen LogP contribution is 2.19. The molecule has 0 atom stereocenters. The van der Waals surface area contributed by atoms with Gasteiger partial charge in [-0.05, 0) is 62.3 Å². The van der Waals surface area contributed by atoms with E-state index in [0.29, 0.717) is 0 Å². The van der Waals surface area contributed by atoms with Crippen molar-refractivity contribution in [3.63, 3.8) is 0 Å². The molecule has 0 spiro atoms. The summed E-state index contributed by atoms with van der Waals surface area (Å²) in [6.45, 7) is 9.72. The van der Waals surface area contributed by atoms with Gasteiger partial charge in [-0.25, -0.2) is 0 Å². The number of rotatable bonds is 7. The zero-order valence-corrected chi connectivity index (χ0v) is 12.4. The number of hydrogen-bond donors (Lipinski definition) is 1. The van der Waals surface area contributed by atoms with Crippen LogP contribution >= 0.6 is 11.3 Å². The van der Waals surface area contributed by atoms with Crippen molar-refractivity contribution in [1.82, 2.24) is 4.90 Å². The molecule has 0 fully saturated rings. The Kier molecular flexibility index (Phi) is 5.63. The second kappa shape index (κ2) is 6.53. The van der Waals surface area contributed by atoms with E-state index < -0.39 is 0 Å². The van der Waals surface area contributed by atoms with Crippen molar-refractivity contribution in [1.29, 1.82) is 0 Å². The van der Waals surface area contributed by atoms with E-state index in [9.17, 15) is 0 Å². The Morgan fingerprint density at radius 2 is 2.06 bits per heavy atom. The Bertz CT molecular complexity index is 331. The van der Waals surface area contributed by atoms with Crippen LogP contribution in [-0.4, -0.2) is 31.6 Å². The van der Waals surface area contributed by atoms with Crippen molar-refractivity contribution in [2.24, 2.45) is 11.1 Å². The van der Waals surface area contributed by atoms with Crippen molar-refractivity contribution >= 4 is 11.3 Å². The molecule has 0 aliphatic heterocycles. The first-order chi connectivity index (χ1) is 7.94. The van der Waals surface area contributed by atoms with E-state index in [-0.39, 0.29) is 5.41 Å². The van der Waals surface area contributed by atoms with Gasteiger partial charge in [-0.15, -0.1) is 11.3 Å². The first-order valence-electron chi connectivity index (χ1n) is 6.36. The monoisotopic (exact) mass is 254 g/mol. The second-order valence-electron chi connectivity index (χ2n) is 5.70. The minimum Gasteiger partial charge on any atom is -0.330 e. The van der Waals surface area contributed by atoms with Crippen LogP contribution in [0.1, 0.15) is 30.7 Å². The highest BCUT2D eigenvalue weighted by molar-refractivity contribution is 7.10. The molecule has 2 N–H and O–H groups in total. The predicted molar refractivity (Wildman–Crippen MR) is 77.7 cm³/mol. The molecule has 1 aromatic rings. The van der Waals surface area contributed by atoms with Crippen LogP contribution in [-0.2, 0) is 6.42 Å². The van der Waals surface area contributed by atoms with Crippen molar-refractivity contribution < 1.29 is 0 Å². The quantitative estimate of drug-likeness (QED) is 0.810. The summed E-state index contributed by atoms with van der Waals surface area (Å²) in [5, 5.41) is 2.18. The first-order valence-corrected chi connectivity index (χ1v) is 7.24. The number of thiophene rings is 1. The fraction of sp³-hybridized carbons (Fsp3) is 0.714. The van der Waals surface area contributed by atoms with Crippen LogP contribution in [0.2, 0.25) is 0 Å². The van der Waals surface area contributed by atoms with Crippen LogP contribution in [0.4, 0.5) is 0 Å². The highest BCUT2D eigenvalue weighted by atomic mass is 32.1. The maximum absolute atomic E-state index is 5.75. The Balaban J connectivity index is 2.26. The zero-order chi connectivity index (χ0) is 12.9. The summed E-state index contributed by atoms with van der Waals surface area (Å²) < 4.78 is 0. The fourth-order valence-corrected chi connectivity index (χ4v) is 2.56. The van der Waals surface area contributed by atoms with E-state index in [2.05, 4.69) is 44.2 Å². The van der Waals surface area contributed by atoms with Crippen molar-refractivity contribution in [3.05, 3.63) is 21.9 Å². The average Bonchev–Trinajstić information content (AvgIpc) is 2.70. The Labute approximate surface area is 110 Å². The average molecular weight is 254 g/mol. The zero-order valence-electron chi connectivity index (χ0n) is 11.6.